The number of hydrogen-bond acceptors (Lipinski definition) is 4. The molecule has 1 amide bonds. The van der Waals surface area contributed by atoms with Gasteiger partial charge in [0.05, 0.1) is 5.54 Å². The molecule has 2 rings (SSSR count). The minimum Gasteiger partial charge on any atom is -0.345 e. The molecule has 0 bridgehead atoms. The second-order valence-electron chi connectivity index (χ2n) is 7.95. The van der Waals surface area contributed by atoms with Crippen molar-refractivity contribution in [3.63, 3.8) is 0 Å². The highest BCUT2D eigenvalue weighted by molar-refractivity contribution is 7.89. The summed E-state index contributed by atoms with van der Waals surface area (Å²) >= 11 is 0. The highest BCUT2D eigenvalue weighted by Crippen LogP contribution is 2.23. The molecular weight excluding hydrogens is 352 g/mol. The van der Waals surface area contributed by atoms with Crippen molar-refractivity contribution in [2.24, 2.45) is 18.7 Å². The highest BCUT2D eigenvalue weighted by atomic mass is 32.2. The number of carbonyl (C=O) groups excluding carboxylic acids is 1. The summed E-state index contributed by atoms with van der Waals surface area (Å²) in [5, 5.41) is 2.98. The van der Waals surface area contributed by atoms with E-state index < -0.39 is 15.6 Å². The van der Waals surface area contributed by atoms with Gasteiger partial charge >= 0.3 is 0 Å². The summed E-state index contributed by atoms with van der Waals surface area (Å²) in [6.45, 7) is 7.47. The number of nitrogens with one attached hydrogen (secondary N) is 1. The number of carbonyl (C=O) groups is 1. The maximum absolute atomic E-state index is 12.8. The van der Waals surface area contributed by atoms with E-state index in [1.165, 1.54) is 16.6 Å². The van der Waals surface area contributed by atoms with Crippen molar-refractivity contribution in [3.8, 4) is 0 Å². The fourth-order valence-corrected chi connectivity index (χ4v) is 5.17. The first kappa shape index (κ1) is 20.9. The molecule has 1 saturated heterocycles. The first-order chi connectivity index (χ1) is 12.1. The third-order valence-corrected chi connectivity index (χ3v) is 6.75. The van der Waals surface area contributed by atoms with Crippen LogP contribution in [0.15, 0.2) is 17.2 Å². The molecule has 0 spiro atoms. The normalized spacial score (nSPS) is 18.7. The lowest BCUT2D eigenvalue weighted by Crippen LogP contribution is -2.52. The standard InChI is InChI=1S/C18H32N4O3S/c1-14(2)11-18(3,13-19)20-17(23)16-10-15(12-21(16)4)26(24,25)22-8-6-5-7-9-22/h10,12,14H,5-9,11,13,19H2,1-4H3,(H,20,23). The monoisotopic (exact) mass is 384 g/mol. The SMILES string of the molecule is CC(C)CC(C)(CN)NC(=O)c1cc(S(=O)(=O)N2CCCCC2)cn1C. The van der Waals surface area contributed by atoms with Crippen LogP contribution in [0, 0.1) is 5.92 Å². The fraction of sp³-hybridized carbons (Fsp3) is 0.722. The average molecular weight is 385 g/mol. The van der Waals surface area contributed by atoms with E-state index in [1.807, 2.05) is 6.92 Å². The molecule has 2 heterocycles. The lowest BCUT2D eigenvalue weighted by atomic mass is 9.90. The zero-order valence-electron chi connectivity index (χ0n) is 16.3. The number of hydrogen-bond donors (Lipinski definition) is 2. The first-order valence-electron chi connectivity index (χ1n) is 9.28. The van der Waals surface area contributed by atoms with Gasteiger partial charge in [-0.15, -0.1) is 0 Å². The smallest absolute Gasteiger partial charge is 0.268 e. The second kappa shape index (κ2) is 8.10. The van der Waals surface area contributed by atoms with Gasteiger partial charge in [0.25, 0.3) is 5.91 Å². The number of nitrogens with zero attached hydrogens (tertiary/aromatic N) is 2. The first-order valence-corrected chi connectivity index (χ1v) is 10.7. The third kappa shape index (κ3) is 4.66. The van der Waals surface area contributed by atoms with E-state index in [2.05, 4.69) is 19.2 Å². The van der Waals surface area contributed by atoms with Crippen LogP contribution in [0.1, 0.15) is 56.9 Å². The minimum atomic E-state index is -3.56. The molecule has 1 aliphatic rings. The molecule has 0 aromatic carbocycles. The number of nitrogens with two attached hydrogens (primary N) is 1. The molecule has 1 atom stereocenters. The quantitative estimate of drug-likeness (QED) is 0.747. The van der Waals surface area contributed by atoms with E-state index in [0.29, 0.717) is 31.2 Å². The predicted octanol–water partition coefficient (Wildman–Crippen LogP) is 1.69. The largest absolute Gasteiger partial charge is 0.345 e. The number of aryl methyl sites for hydroxylation is 1. The summed E-state index contributed by atoms with van der Waals surface area (Å²) in [5.41, 5.74) is 5.66. The summed E-state index contributed by atoms with van der Waals surface area (Å²) in [5.74, 6) is 0.0773. The Morgan fingerprint density at radius 3 is 2.46 bits per heavy atom. The van der Waals surface area contributed by atoms with Crippen LogP contribution < -0.4 is 11.1 Å². The Hall–Kier alpha value is -1.38. The number of rotatable bonds is 7. The number of aromatic nitrogens is 1. The van der Waals surface area contributed by atoms with E-state index in [9.17, 15) is 13.2 Å². The Labute approximate surface area is 157 Å². The molecule has 1 fully saturated rings. The molecule has 3 N–H and O–H groups in total. The maximum Gasteiger partial charge on any atom is 0.268 e. The topological polar surface area (TPSA) is 97.4 Å². The Bertz CT molecular complexity index is 736. The van der Waals surface area contributed by atoms with Crippen molar-refractivity contribution < 1.29 is 13.2 Å². The fourth-order valence-electron chi connectivity index (χ4n) is 3.58. The van der Waals surface area contributed by atoms with E-state index in [-0.39, 0.29) is 10.8 Å². The van der Waals surface area contributed by atoms with Crippen LogP contribution in [-0.4, -0.2) is 48.4 Å². The van der Waals surface area contributed by atoms with E-state index in [4.69, 9.17) is 5.73 Å². The second-order valence-corrected chi connectivity index (χ2v) is 9.89. The Morgan fingerprint density at radius 2 is 1.92 bits per heavy atom. The van der Waals surface area contributed by atoms with Gasteiger partial charge < -0.3 is 15.6 Å². The lowest BCUT2D eigenvalue weighted by Gasteiger charge is -2.31. The van der Waals surface area contributed by atoms with Crippen molar-refractivity contribution in [3.05, 3.63) is 18.0 Å². The molecule has 7 nitrogen and oxygen atoms in total. The lowest BCUT2D eigenvalue weighted by molar-refractivity contribution is 0.0890. The van der Waals surface area contributed by atoms with Gasteiger partial charge in [-0.3, -0.25) is 4.79 Å². The molecule has 1 unspecified atom stereocenters. The predicted molar refractivity (Wildman–Crippen MR) is 102 cm³/mol. The van der Waals surface area contributed by atoms with Crippen molar-refractivity contribution in [2.75, 3.05) is 19.6 Å². The summed E-state index contributed by atoms with van der Waals surface area (Å²) in [6.07, 6.45) is 5.08. The van der Waals surface area contributed by atoms with Crippen molar-refractivity contribution in [1.82, 2.24) is 14.2 Å². The summed E-state index contributed by atoms with van der Waals surface area (Å²) in [6, 6.07) is 1.46. The molecule has 0 radical (unpaired) electrons. The molecule has 1 aliphatic heterocycles. The van der Waals surface area contributed by atoms with Crippen LogP contribution in [0.4, 0.5) is 0 Å². The number of piperidine rings is 1. The van der Waals surface area contributed by atoms with Crippen LogP contribution in [-0.2, 0) is 17.1 Å². The van der Waals surface area contributed by atoms with Gasteiger partial charge in [-0.05, 0) is 38.2 Å². The molecule has 1 aromatic heterocycles. The molecule has 26 heavy (non-hydrogen) atoms. The van der Waals surface area contributed by atoms with Crippen molar-refractivity contribution >= 4 is 15.9 Å². The van der Waals surface area contributed by atoms with Gasteiger partial charge in [0.15, 0.2) is 0 Å². The highest BCUT2D eigenvalue weighted by Gasteiger charge is 2.31. The van der Waals surface area contributed by atoms with Gasteiger partial charge in [-0.2, -0.15) is 4.31 Å². The third-order valence-electron chi connectivity index (χ3n) is 4.89. The van der Waals surface area contributed by atoms with Gasteiger partial charge in [0.1, 0.15) is 10.6 Å². The van der Waals surface area contributed by atoms with E-state index >= 15 is 0 Å². The van der Waals surface area contributed by atoms with Crippen LogP contribution in [0.5, 0.6) is 0 Å². The molecule has 0 aliphatic carbocycles. The molecule has 8 heteroatoms. The Balaban J connectivity index is 2.22. The zero-order chi connectivity index (χ0) is 19.5. The van der Waals surface area contributed by atoms with Crippen molar-refractivity contribution in [1.29, 1.82) is 0 Å². The Morgan fingerprint density at radius 1 is 1.31 bits per heavy atom. The molecule has 148 valence electrons. The van der Waals surface area contributed by atoms with E-state index in [0.717, 1.165) is 25.7 Å². The average Bonchev–Trinajstić information content (AvgIpc) is 2.97. The zero-order valence-corrected chi connectivity index (χ0v) is 17.1. The summed E-state index contributed by atoms with van der Waals surface area (Å²) in [7, 11) is -1.87. The van der Waals surface area contributed by atoms with Crippen LogP contribution in [0.3, 0.4) is 0 Å². The minimum absolute atomic E-state index is 0.172. The van der Waals surface area contributed by atoms with Crippen LogP contribution in [0.25, 0.3) is 0 Å². The van der Waals surface area contributed by atoms with Gasteiger partial charge in [0.2, 0.25) is 10.0 Å². The molecular formula is C18H32N4O3S. The van der Waals surface area contributed by atoms with Gasteiger partial charge in [-0.25, -0.2) is 8.42 Å². The molecule has 0 saturated carbocycles. The molecule has 1 aromatic rings. The maximum atomic E-state index is 12.8. The van der Waals surface area contributed by atoms with E-state index in [1.54, 1.807) is 11.6 Å². The van der Waals surface area contributed by atoms with Crippen molar-refractivity contribution in [2.45, 2.75) is 56.9 Å². The van der Waals surface area contributed by atoms with Crippen LogP contribution >= 0.6 is 0 Å². The Kier molecular flexibility index (Phi) is 6.52. The summed E-state index contributed by atoms with van der Waals surface area (Å²) < 4.78 is 28.7. The van der Waals surface area contributed by atoms with Gasteiger partial charge in [0, 0.05) is 32.9 Å². The number of amides is 1. The van der Waals surface area contributed by atoms with Crippen LogP contribution in [0.2, 0.25) is 0 Å². The number of sulfonamides is 1. The van der Waals surface area contributed by atoms with Gasteiger partial charge in [-0.1, -0.05) is 20.3 Å². The summed E-state index contributed by atoms with van der Waals surface area (Å²) in [4.78, 5) is 12.9.